The van der Waals surface area contributed by atoms with Gasteiger partial charge in [-0.3, -0.25) is 19.4 Å². The van der Waals surface area contributed by atoms with Gasteiger partial charge in [0.2, 0.25) is 0 Å². The van der Waals surface area contributed by atoms with Crippen molar-refractivity contribution in [2.24, 2.45) is 0 Å². The third-order valence-corrected chi connectivity index (χ3v) is 5.52. The molecule has 2 aromatic carbocycles. The number of carbonyl (C=O) groups excluding carboxylic acids is 1. The summed E-state index contributed by atoms with van der Waals surface area (Å²) in [5, 5.41) is 10.7. The van der Waals surface area contributed by atoms with Crippen LogP contribution in [0.3, 0.4) is 0 Å². The first kappa shape index (κ1) is 20.4. The summed E-state index contributed by atoms with van der Waals surface area (Å²) >= 11 is 0. The van der Waals surface area contributed by atoms with Crippen LogP contribution in [0.15, 0.2) is 53.6 Å². The quantitative estimate of drug-likeness (QED) is 0.370. The topological polar surface area (TPSA) is 131 Å². The van der Waals surface area contributed by atoms with E-state index in [2.05, 4.69) is 30.5 Å². The lowest BCUT2D eigenvalue weighted by atomic mass is 10.1. The molecule has 3 N–H and O–H groups in total. The molecule has 0 atom stereocenters. The summed E-state index contributed by atoms with van der Waals surface area (Å²) in [6, 6.07) is 13.0. The number of amides is 1. The molecule has 0 aliphatic rings. The van der Waals surface area contributed by atoms with Crippen LogP contribution in [0.2, 0.25) is 0 Å². The third-order valence-electron chi connectivity index (χ3n) is 5.52. The lowest BCUT2D eigenvalue weighted by Crippen LogP contribution is -2.23. The highest BCUT2D eigenvalue weighted by Gasteiger charge is 2.17. The Morgan fingerprint density at radius 1 is 1.18 bits per heavy atom. The number of aromatic amines is 2. The summed E-state index contributed by atoms with van der Waals surface area (Å²) < 4.78 is 6.82. The van der Waals surface area contributed by atoms with Crippen LogP contribution >= 0.6 is 0 Å². The van der Waals surface area contributed by atoms with Gasteiger partial charge in [0.05, 0.1) is 18.3 Å². The number of aryl methyl sites for hydroxylation is 1. The molecule has 0 aliphatic heterocycles. The number of H-pyrrole nitrogens is 2. The molecule has 0 saturated heterocycles. The van der Waals surface area contributed by atoms with E-state index < -0.39 is 0 Å². The summed E-state index contributed by atoms with van der Waals surface area (Å²) in [5.74, 6) is 0.445. The Morgan fingerprint density at radius 2 is 2.06 bits per heavy atom. The fourth-order valence-corrected chi connectivity index (χ4v) is 3.90. The summed E-state index contributed by atoms with van der Waals surface area (Å²) in [4.78, 5) is 36.3. The number of hydrogen-bond donors (Lipinski definition) is 3. The highest BCUT2D eigenvalue weighted by atomic mass is 16.5. The number of nitrogens with one attached hydrogen (secondary N) is 3. The summed E-state index contributed by atoms with van der Waals surface area (Å²) in [7, 11) is 1.60. The van der Waals surface area contributed by atoms with E-state index in [1.165, 1.54) is 6.33 Å². The molecule has 0 aliphatic carbocycles. The maximum Gasteiger partial charge on any atom is 0.327 e. The number of rotatable bonds is 6. The van der Waals surface area contributed by atoms with Gasteiger partial charge in [-0.25, -0.2) is 14.8 Å². The first-order chi connectivity index (χ1) is 16.1. The van der Waals surface area contributed by atoms with Gasteiger partial charge in [0.1, 0.15) is 17.6 Å². The summed E-state index contributed by atoms with van der Waals surface area (Å²) in [6.45, 7) is 2.73. The molecule has 0 saturated carbocycles. The SMILES string of the molecule is CCn1c(=O)[nH]c2ncnc(-c3ccc4c(C(=O)NCc5cccc(OC)c5)n[nH]c4c3)c21. The molecule has 3 aromatic heterocycles. The van der Waals surface area contributed by atoms with Crippen molar-refractivity contribution < 1.29 is 9.53 Å². The second-order valence-corrected chi connectivity index (χ2v) is 7.46. The van der Waals surface area contributed by atoms with Gasteiger partial charge in [0.15, 0.2) is 11.3 Å². The van der Waals surface area contributed by atoms with Gasteiger partial charge in [0, 0.05) is 24.0 Å². The van der Waals surface area contributed by atoms with Crippen molar-refractivity contribution in [3.8, 4) is 17.0 Å². The molecule has 0 fully saturated rings. The zero-order valence-electron chi connectivity index (χ0n) is 18.0. The van der Waals surface area contributed by atoms with E-state index in [1.54, 1.807) is 11.7 Å². The number of fused-ring (bicyclic) bond motifs is 2. The Morgan fingerprint density at radius 3 is 2.88 bits per heavy atom. The molecule has 5 rings (SSSR count). The minimum Gasteiger partial charge on any atom is -0.497 e. The first-order valence-electron chi connectivity index (χ1n) is 10.4. The lowest BCUT2D eigenvalue weighted by Gasteiger charge is -2.07. The third kappa shape index (κ3) is 3.61. The Bertz CT molecular complexity index is 1550. The minimum atomic E-state index is -0.285. The van der Waals surface area contributed by atoms with E-state index in [9.17, 15) is 9.59 Å². The maximum atomic E-state index is 12.8. The zero-order chi connectivity index (χ0) is 22.9. The van der Waals surface area contributed by atoms with Gasteiger partial charge >= 0.3 is 5.69 Å². The molecule has 0 radical (unpaired) electrons. The molecule has 1 amide bonds. The second kappa shape index (κ2) is 8.23. The largest absolute Gasteiger partial charge is 0.497 e. The second-order valence-electron chi connectivity index (χ2n) is 7.46. The first-order valence-corrected chi connectivity index (χ1v) is 10.4. The fraction of sp³-hybridized carbons (Fsp3) is 0.174. The molecule has 0 spiro atoms. The van der Waals surface area contributed by atoms with E-state index >= 15 is 0 Å². The van der Waals surface area contributed by atoms with Gasteiger partial charge in [-0.2, -0.15) is 5.10 Å². The minimum absolute atomic E-state index is 0.230. The average Bonchev–Trinajstić information content (AvgIpc) is 3.42. The van der Waals surface area contributed by atoms with Crippen molar-refractivity contribution >= 4 is 28.0 Å². The number of hydrogen-bond acceptors (Lipinski definition) is 6. The van der Waals surface area contributed by atoms with E-state index in [4.69, 9.17) is 4.74 Å². The molecule has 166 valence electrons. The van der Waals surface area contributed by atoms with Crippen LogP contribution in [0.5, 0.6) is 5.75 Å². The van der Waals surface area contributed by atoms with Crippen LogP contribution < -0.4 is 15.7 Å². The molecule has 0 bridgehead atoms. The summed E-state index contributed by atoms with van der Waals surface area (Å²) in [5.41, 5.74) is 4.21. The Labute approximate surface area is 187 Å². The van der Waals surface area contributed by atoms with Crippen molar-refractivity contribution in [2.45, 2.75) is 20.0 Å². The van der Waals surface area contributed by atoms with Crippen molar-refractivity contribution in [1.29, 1.82) is 0 Å². The van der Waals surface area contributed by atoms with Gasteiger partial charge in [-0.15, -0.1) is 0 Å². The zero-order valence-corrected chi connectivity index (χ0v) is 18.0. The van der Waals surface area contributed by atoms with E-state index in [1.807, 2.05) is 49.4 Å². The Hall–Kier alpha value is -4.47. The normalized spacial score (nSPS) is 11.2. The van der Waals surface area contributed by atoms with Crippen LogP contribution in [-0.2, 0) is 13.1 Å². The molecule has 10 heteroatoms. The number of carbonyl (C=O) groups is 1. The Kier molecular flexibility index (Phi) is 5.09. The van der Waals surface area contributed by atoms with Gasteiger partial charge < -0.3 is 10.1 Å². The number of aromatic nitrogens is 6. The van der Waals surface area contributed by atoms with Gasteiger partial charge in [0.25, 0.3) is 5.91 Å². The van der Waals surface area contributed by atoms with Crippen molar-refractivity contribution in [1.82, 2.24) is 35.0 Å². The van der Waals surface area contributed by atoms with E-state index in [0.717, 1.165) is 16.9 Å². The highest BCUT2D eigenvalue weighted by molar-refractivity contribution is 6.05. The predicted octanol–water partition coefficient (Wildman–Crippen LogP) is 2.62. The fourth-order valence-electron chi connectivity index (χ4n) is 3.90. The molecule has 33 heavy (non-hydrogen) atoms. The predicted molar refractivity (Wildman–Crippen MR) is 123 cm³/mol. The number of methoxy groups -OCH3 is 1. The van der Waals surface area contributed by atoms with Crippen LogP contribution in [0.4, 0.5) is 0 Å². The van der Waals surface area contributed by atoms with Crippen molar-refractivity contribution in [3.05, 3.63) is 70.5 Å². The number of imidazole rings is 1. The van der Waals surface area contributed by atoms with Crippen LogP contribution in [0.25, 0.3) is 33.3 Å². The summed E-state index contributed by atoms with van der Waals surface area (Å²) in [6.07, 6.45) is 1.42. The number of ether oxygens (including phenoxy) is 1. The van der Waals surface area contributed by atoms with Gasteiger partial charge in [-0.05, 0) is 36.8 Å². The molecule has 10 nitrogen and oxygen atoms in total. The van der Waals surface area contributed by atoms with E-state index in [-0.39, 0.29) is 11.6 Å². The molecular formula is C23H21N7O3. The highest BCUT2D eigenvalue weighted by Crippen LogP contribution is 2.27. The monoisotopic (exact) mass is 443 g/mol. The molecule has 3 heterocycles. The molecule has 5 aromatic rings. The van der Waals surface area contributed by atoms with Crippen LogP contribution in [0, 0.1) is 0 Å². The maximum absolute atomic E-state index is 12.8. The van der Waals surface area contributed by atoms with Crippen LogP contribution in [-0.4, -0.2) is 42.7 Å². The average molecular weight is 443 g/mol. The van der Waals surface area contributed by atoms with Crippen LogP contribution in [0.1, 0.15) is 23.0 Å². The molecular weight excluding hydrogens is 422 g/mol. The number of benzene rings is 2. The lowest BCUT2D eigenvalue weighted by molar-refractivity contribution is 0.0947. The number of nitrogens with zero attached hydrogens (tertiary/aromatic N) is 4. The Balaban J connectivity index is 1.45. The van der Waals surface area contributed by atoms with Crippen molar-refractivity contribution in [3.63, 3.8) is 0 Å². The molecule has 0 unspecified atom stereocenters. The van der Waals surface area contributed by atoms with Crippen molar-refractivity contribution in [2.75, 3.05) is 7.11 Å². The smallest absolute Gasteiger partial charge is 0.327 e. The standard InChI is InChI=1S/C23H21N7O3/c1-3-30-20-18(25-12-26-21(20)27-23(30)32)14-7-8-16-17(10-14)28-29-19(16)22(31)24-11-13-5-4-6-15(9-13)33-2/h4-10,12H,3,11H2,1-2H3,(H,24,31)(H,28,29)(H,25,26,27,32). The van der Waals surface area contributed by atoms with Gasteiger partial charge in [-0.1, -0.05) is 18.2 Å². The van der Waals surface area contributed by atoms with E-state index in [0.29, 0.717) is 46.5 Å².